The van der Waals surface area contributed by atoms with E-state index in [4.69, 9.17) is 4.42 Å². The van der Waals surface area contributed by atoms with Crippen molar-refractivity contribution >= 4 is 27.8 Å². The maximum atomic E-state index is 11.9. The molecule has 2 aromatic rings. The number of hydrogen-bond donors (Lipinski definition) is 1. The summed E-state index contributed by atoms with van der Waals surface area (Å²) in [7, 11) is 1.30. The molecule has 6 nitrogen and oxygen atoms in total. The number of halogens is 1. The SMILES string of the molecule is COC(=O)c1cc(CNC(=O)c2cncc(Br)c2)oc1C. The second-order valence-electron chi connectivity index (χ2n) is 4.25. The van der Waals surface area contributed by atoms with Crippen LogP contribution in [0.1, 0.15) is 32.2 Å². The summed E-state index contributed by atoms with van der Waals surface area (Å²) in [5.74, 6) is 0.182. The third-order valence-electron chi connectivity index (χ3n) is 2.76. The minimum absolute atomic E-state index is 0.170. The van der Waals surface area contributed by atoms with Gasteiger partial charge in [-0.25, -0.2) is 4.79 Å². The molecular weight excluding hydrogens is 340 g/mol. The van der Waals surface area contributed by atoms with E-state index in [1.54, 1.807) is 25.3 Å². The van der Waals surface area contributed by atoms with Crippen LogP contribution in [0.15, 0.2) is 33.4 Å². The summed E-state index contributed by atoms with van der Waals surface area (Å²) in [5.41, 5.74) is 0.784. The molecule has 0 radical (unpaired) electrons. The molecule has 0 unspecified atom stereocenters. The summed E-state index contributed by atoms with van der Waals surface area (Å²) in [6, 6.07) is 3.22. The lowest BCUT2D eigenvalue weighted by Crippen LogP contribution is -2.22. The predicted molar refractivity (Wildman–Crippen MR) is 77.9 cm³/mol. The van der Waals surface area contributed by atoms with Gasteiger partial charge in [-0.05, 0) is 35.0 Å². The smallest absolute Gasteiger partial charge is 0.341 e. The fourth-order valence-electron chi connectivity index (χ4n) is 1.75. The first-order valence-electron chi connectivity index (χ1n) is 6.07. The lowest BCUT2D eigenvalue weighted by atomic mass is 10.2. The zero-order chi connectivity index (χ0) is 15.4. The minimum atomic E-state index is -0.468. The number of carbonyl (C=O) groups excluding carboxylic acids is 2. The van der Waals surface area contributed by atoms with Gasteiger partial charge in [0.1, 0.15) is 17.1 Å². The van der Waals surface area contributed by atoms with Crippen LogP contribution in [-0.4, -0.2) is 24.0 Å². The molecule has 0 fully saturated rings. The van der Waals surface area contributed by atoms with Crippen LogP contribution >= 0.6 is 15.9 Å². The molecule has 0 bridgehead atoms. The highest BCUT2D eigenvalue weighted by atomic mass is 79.9. The lowest BCUT2D eigenvalue weighted by Gasteiger charge is -2.03. The Morgan fingerprint density at radius 3 is 2.81 bits per heavy atom. The van der Waals surface area contributed by atoms with Gasteiger partial charge in [0.05, 0.1) is 19.2 Å². The van der Waals surface area contributed by atoms with Crippen molar-refractivity contribution < 1.29 is 18.7 Å². The van der Waals surface area contributed by atoms with E-state index >= 15 is 0 Å². The number of nitrogens with one attached hydrogen (secondary N) is 1. The van der Waals surface area contributed by atoms with Gasteiger partial charge >= 0.3 is 5.97 Å². The third kappa shape index (κ3) is 3.69. The summed E-state index contributed by atoms with van der Waals surface area (Å²) in [4.78, 5) is 27.3. The number of ether oxygens (including phenoxy) is 1. The van der Waals surface area contributed by atoms with Crippen LogP contribution in [-0.2, 0) is 11.3 Å². The third-order valence-corrected chi connectivity index (χ3v) is 3.20. The molecule has 2 heterocycles. The van der Waals surface area contributed by atoms with Crippen molar-refractivity contribution in [3.8, 4) is 0 Å². The van der Waals surface area contributed by atoms with Gasteiger partial charge in [-0.2, -0.15) is 0 Å². The van der Waals surface area contributed by atoms with Gasteiger partial charge in [-0.1, -0.05) is 0 Å². The van der Waals surface area contributed by atoms with E-state index in [1.807, 2.05) is 0 Å². The van der Waals surface area contributed by atoms with Crippen LogP contribution < -0.4 is 5.32 Å². The highest BCUT2D eigenvalue weighted by Crippen LogP contribution is 2.16. The molecular formula is C14H13BrN2O4. The number of nitrogens with zero attached hydrogens (tertiary/aromatic N) is 1. The lowest BCUT2D eigenvalue weighted by molar-refractivity contribution is 0.0598. The second-order valence-corrected chi connectivity index (χ2v) is 5.16. The molecule has 0 atom stereocenters. The van der Waals surface area contributed by atoms with Gasteiger partial charge in [0.25, 0.3) is 5.91 Å². The van der Waals surface area contributed by atoms with Crippen LogP contribution in [0.5, 0.6) is 0 Å². The fraction of sp³-hybridized carbons (Fsp3) is 0.214. The topological polar surface area (TPSA) is 81.4 Å². The van der Waals surface area contributed by atoms with Crippen LogP contribution in [0.3, 0.4) is 0 Å². The molecule has 2 rings (SSSR count). The van der Waals surface area contributed by atoms with Crippen LogP contribution in [0.4, 0.5) is 0 Å². The average molecular weight is 353 g/mol. The average Bonchev–Trinajstić information content (AvgIpc) is 2.85. The largest absolute Gasteiger partial charge is 0.465 e. The second kappa shape index (κ2) is 6.53. The summed E-state index contributed by atoms with van der Waals surface area (Å²) in [5, 5.41) is 2.69. The Labute approximate surface area is 129 Å². The van der Waals surface area contributed by atoms with Crippen molar-refractivity contribution in [3.63, 3.8) is 0 Å². The Bertz CT molecular complexity index is 681. The van der Waals surface area contributed by atoms with Gasteiger partial charge in [-0.15, -0.1) is 0 Å². The number of methoxy groups -OCH3 is 1. The van der Waals surface area contributed by atoms with Gasteiger partial charge in [0, 0.05) is 16.9 Å². The molecule has 0 aliphatic heterocycles. The molecule has 0 aromatic carbocycles. The molecule has 0 aliphatic carbocycles. The zero-order valence-corrected chi connectivity index (χ0v) is 13.1. The molecule has 2 aromatic heterocycles. The Morgan fingerprint density at radius 1 is 1.38 bits per heavy atom. The highest BCUT2D eigenvalue weighted by molar-refractivity contribution is 9.10. The van der Waals surface area contributed by atoms with E-state index in [0.717, 1.165) is 4.47 Å². The van der Waals surface area contributed by atoms with Gasteiger partial charge in [0.2, 0.25) is 0 Å². The number of rotatable bonds is 4. The molecule has 0 saturated carbocycles. The monoisotopic (exact) mass is 352 g/mol. The van der Waals surface area contributed by atoms with E-state index in [1.165, 1.54) is 13.3 Å². The number of aryl methyl sites for hydroxylation is 1. The quantitative estimate of drug-likeness (QED) is 0.854. The number of carbonyl (C=O) groups is 2. The number of amides is 1. The van der Waals surface area contributed by atoms with Crippen molar-refractivity contribution in [2.24, 2.45) is 0 Å². The fourth-order valence-corrected chi connectivity index (χ4v) is 2.11. The van der Waals surface area contributed by atoms with E-state index in [2.05, 4.69) is 31.0 Å². The van der Waals surface area contributed by atoms with Crippen LogP contribution in [0.2, 0.25) is 0 Å². The summed E-state index contributed by atoms with van der Waals surface area (Å²) >= 11 is 3.25. The molecule has 7 heteroatoms. The Balaban J connectivity index is 2.03. The molecule has 0 saturated heterocycles. The number of pyridine rings is 1. The van der Waals surface area contributed by atoms with Crippen molar-refractivity contribution in [2.45, 2.75) is 13.5 Å². The number of aromatic nitrogens is 1. The number of furan rings is 1. The first-order chi connectivity index (χ1) is 10.0. The molecule has 0 spiro atoms. The number of esters is 1. The van der Waals surface area contributed by atoms with E-state index in [-0.39, 0.29) is 12.5 Å². The van der Waals surface area contributed by atoms with E-state index in [9.17, 15) is 9.59 Å². The molecule has 0 aliphatic rings. The van der Waals surface area contributed by atoms with E-state index < -0.39 is 5.97 Å². The predicted octanol–water partition coefficient (Wildman–Crippen LogP) is 2.46. The maximum absolute atomic E-state index is 11.9. The van der Waals surface area contributed by atoms with Crippen molar-refractivity contribution in [1.29, 1.82) is 0 Å². The van der Waals surface area contributed by atoms with Gasteiger partial charge < -0.3 is 14.5 Å². The summed E-state index contributed by atoms with van der Waals surface area (Å²) in [6.45, 7) is 1.83. The Morgan fingerprint density at radius 2 is 2.14 bits per heavy atom. The molecule has 1 amide bonds. The normalized spacial score (nSPS) is 10.2. The highest BCUT2D eigenvalue weighted by Gasteiger charge is 2.16. The molecule has 21 heavy (non-hydrogen) atoms. The first-order valence-corrected chi connectivity index (χ1v) is 6.87. The standard InChI is InChI=1S/C14H13BrN2O4/c1-8-12(14(19)20-2)4-11(21-8)7-17-13(18)9-3-10(15)6-16-5-9/h3-6H,7H2,1-2H3,(H,17,18). The first kappa shape index (κ1) is 15.2. The molecule has 110 valence electrons. The van der Waals surface area contributed by atoms with Gasteiger partial charge in [-0.3, -0.25) is 9.78 Å². The molecule has 1 N–H and O–H groups in total. The van der Waals surface area contributed by atoms with Crippen molar-refractivity contribution in [3.05, 3.63) is 51.6 Å². The maximum Gasteiger partial charge on any atom is 0.341 e. The van der Waals surface area contributed by atoms with E-state index in [0.29, 0.717) is 22.6 Å². The van der Waals surface area contributed by atoms with Crippen molar-refractivity contribution in [1.82, 2.24) is 10.3 Å². The van der Waals surface area contributed by atoms with Crippen LogP contribution in [0.25, 0.3) is 0 Å². The Kier molecular flexibility index (Phi) is 4.74. The minimum Gasteiger partial charge on any atom is -0.465 e. The Hall–Kier alpha value is -2.15. The summed E-state index contributed by atoms with van der Waals surface area (Å²) in [6.07, 6.45) is 3.06. The van der Waals surface area contributed by atoms with Crippen molar-refractivity contribution in [2.75, 3.05) is 7.11 Å². The van der Waals surface area contributed by atoms with Gasteiger partial charge in [0.15, 0.2) is 0 Å². The van der Waals surface area contributed by atoms with Crippen LogP contribution in [0, 0.1) is 6.92 Å². The summed E-state index contributed by atoms with van der Waals surface area (Å²) < 4.78 is 10.8. The number of hydrogen-bond acceptors (Lipinski definition) is 5. The zero-order valence-electron chi connectivity index (χ0n) is 11.5.